The predicted octanol–water partition coefficient (Wildman–Crippen LogP) is 3.47. The molecule has 0 bridgehead atoms. The smallest absolute Gasteiger partial charge is 0.410 e. The summed E-state index contributed by atoms with van der Waals surface area (Å²) in [4.78, 5) is 38.3. The molecular formula is C18H38N2O5Si2. The molecule has 0 unspecified atom stereocenters. The summed E-state index contributed by atoms with van der Waals surface area (Å²) in [5, 5.41) is 12.2. The van der Waals surface area contributed by atoms with Crippen molar-refractivity contribution in [3.63, 3.8) is 0 Å². The molecule has 0 aliphatic carbocycles. The van der Waals surface area contributed by atoms with Crippen molar-refractivity contribution in [3.05, 3.63) is 0 Å². The van der Waals surface area contributed by atoms with E-state index in [2.05, 4.69) is 44.6 Å². The lowest BCUT2D eigenvalue weighted by Gasteiger charge is -2.34. The standard InChI is InChI=1S/C18H38N2O5Si2/c1-18(2,3)25-17(24)20(4)14(12-27(8,9)10)15(21)19-13(16(22)23)11-26(5,6)7/h13-14H,11-12H2,1-10H3,(H,19,21)(H,22,23)/t13-,14+/m0/s1. The van der Waals surface area contributed by atoms with E-state index in [9.17, 15) is 19.5 Å². The Hall–Kier alpha value is -1.36. The van der Waals surface area contributed by atoms with E-state index < -0.39 is 51.8 Å². The van der Waals surface area contributed by atoms with Crippen LogP contribution < -0.4 is 5.32 Å². The Balaban J connectivity index is 5.52. The first-order chi connectivity index (χ1) is 11.8. The van der Waals surface area contributed by atoms with E-state index in [-0.39, 0.29) is 0 Å². The third kappa shape index (κ3) is 11.2. The summed E-state index contributed by atoms with van der Waals surface area (Å²) in [6.07, 6.45) is -0.585. The highest BCUT2D eigenvalue weighted by Gasteiger charge is 2.36. The zero-order chi connectivity index (χ0) is 21.8. The van der Waals surface area contributed by atoms with Gasteiger partial charge < -0.3 is 15.2 Å². The van der Waals surface area contributed by atoms with Crippen LogP contribution in [-0.4, -0.2) is 68.9 Å². The van der Waals surface area contributed by atoms with Crippen molar-refractivity contribution in [2.75, 3.05) is 7.05 Å². The lowest BCUT2D eigenvalue weighted by atomic mass is 10.2. The molecule has 0 aliphatic rings. The summed E-state index contributed by atoms with van der Waals surface area (Å²) in [5.41, 5.74) is -0.674. The first-order valence-electron chi connectivity index (χ1n) is 9.31. The molecule has 2 atom stereocenters. The Morgan fingerprint density at radius 1 is 1.00 bits per heavy atom. The molecule has 0 saturated heterocycles. The first kappa shape index (κ1) is 25.6. The SMILES string of the molecule is CN(C(=O)OC(C)(C)C)[C@H](C[Si](C)(C)C)C(=O)N[C@@H](C[Si](C)(C)C)C(=O)O. The summed E-state index contributed by atoms with van der Waals surface area (Å²) in [6.45, 7) is 17.8. The minimum atomic E-state index is -1.72. The Morgan fingerprint density at radius 3 is 1.78 bits per heavy atom. The molecule has 2 amide bonds. The maximum absolute atomic E-state index is 12.9. The van der Waals surface area contributed by atoms with Crippen LogP contribution in [0.15, 0.2) is 0 Å². The number of carboxylic acids is 1. The van der Waals surface area contributed by atoms with Gasteiger partial charge in [-0.25, -0.2) is 4.79 Å². The second-order valence-corrected chi connectivity index (χ2v) is 21.6. The molecule has 0 aromatic rings. The van der Waals surface area contributed by atoms with Crippen LogP contribution in [0.4, 0.5) is 4.79 Å². The average Bonchev–Trinajstić information content (AvgIpc) is 2.38. The number of carbonyl (C=O) groups is 3. The van der Waals surface area contributed by atoms with Crippen LogP contribution in [0.25, 0.3) is 0 Å². The molecule has 0 radical (unpaired) electrons. The van der Waals surface area contributed by atoms with Gasteiger partial charge in [0.2, 0.25) is 5.91 Å². The number of hydrogen-bond donors (Lipinski definition) is 2. The number of hydrogen-bond acceptors (Lipinski definition) is 4. The Morgan fingerprint density at radius 2 is 1.44 bits per heavy atom. The van der Waals surface area contributed by atoms with Gasteiger partial charge >= 0.3 is 12.1 Å². The maximum Gasteiger partial charge on any atom is 0.410 e. The minimum Gasteiger partial charge on any atom is -0.480 e. The lowest BCUT2D eigenvalue weighted by molar-refractivity contribution is -0.141. The monoisotopic (exact) mass is 418 g/mol. The fourth-order valence-electron chi connectivity index (χ4n) is 2.53. The molecule has 0 rings (SSSR count). The largest absolute Gasteiger partial charge is 0.480 e. The molecule has 158 valence electrons. The Labute approximate surface area is 165 Å². The van der Waals surface area contributed by atoms with Gasteiger partial charge in [0.1, 0.15) is 17.7 Å². The van der Waals surface area contributed by atoms with Gasteiger partial charge in [0.15, 0.2) is 0 Å². The van der Waals surface area contributed by atoms with E-state index in [1.165, 1.54) is 11.9 Å². The highest BCUT2D eigenvalue weighted by Crippen LogP contribution is 2.20. The summed E-state index contributed by atoms with van der Waals surface area (Å²) >= 11 is 0. The number of rotatable bonds is 8. The normalized spacial score (nSPS) is 14.9. The fraction of sp³-hybridized carbons (Fsp3) is 0.833. The zero-order valence-electron chi connectivity index (χ0n) is 18.6. The number of likely N-dealkylation sites (N-methyl/N-ethyl adjacent to an activating group) is 1. The van der Waals surface area contributed by atoms with Gasteiger partial charge in [-0.2, -0.15) is 0 Å². The number of carbonyl (C=O) groups excluding carboxylic acids is 2. The maximum atomic E-state index is 12.9. The van der Waals surface area contributed by atoms with Gasteiger partial charge in [0, 0.05) is 23.2 Å². The summed E-state index contributed by atoms with van der Waals surface area (Å²) in [6, 6.07) is -0.743. The van der Waals surface area contributed by atoms with E-state index in [0.717, 1.165) is 0 Å². The van der Waals surface area contributed by atoms with E-state index in [1.807, 2.05) is 0 Å². The van der Waals surface area contributed by atoms with Gasteiger partial charge in [0.25, 0.3) is 0 Å². The number of carboxylic acid groups (broad SMARTS) is 1. The third-order valence-corrected chi connectivity index (χ3v) is 6.93. The van der Waals surface area contributed by atoms with Crippen LogP contribution in [-0.2, 0) is 14.3 Å². The van der Waals surface area contributed by atoms with Crippen LogP contribution in [0.2, 0.25) is 51.4 Å². The van der Waals surface area contributed by atoms with Crippen molar-refractivity contribution in [3.8, 4) is 0 Å². The van der Waals surface area contributed by atoms with Crippen LogP contribution >= 0.6 is 0 Å². The quantitative estimate of drug-likeness (QED) is 0.588. The van der Waals surface area contributed by atoms with E-state index in [0.29, 0.717) is 12.1 Å². The molecular weight excluding hydrogens is 380 g/mol. The molecule has 2 N–H and O–H groups in total. The van der Waals surface area contributed by atoms with Gasteiger partial charge in [-0.05, 0) is 32.9 Å². The summed E-state index contributed by atoms with van der Waals surface area (Å²) in [5.74, 6) is -1.48. The van der Waals surface area contributed by atoms with Gasteiger partial charge in [-0.15, -0.1) is 0 Å². The highest BCUT2D eigenvalue weighted by atomic mass is 28.3. The van der Waals surface area contributed by atoms with Crippen molar-refractivity contribution >= 4 is 34.1 Å². The molecule has 0 aliphatic heterocycles. The van der Waals surface area contributed by atoms with Gasteiger partial charge in [-0.3, -0.25) is 14.5 Å². The van der Waals surface area contributed by atoms with E-state index >= 15 is 0 Å². The molecule has 0 spiro atoms. The van der Waals surface area contributed by atoms with Crippen LogP contribution in [0.3, 0.4) is 0 Å². The van der Waals surface area contributed by atoms with E-state index in [1.54, 1.807) is 20.8 Å². The van der Waals surface area contributed by atoms with E-state index in [4.69, 9.17) is 4.74 Å². The molecule has 9 heteroatoms. The second-order valence-electron chi connectivity index (χ2n) is 10.5. The molecule has 0 heterocycles. The number of nitrogens with zero attached hydrogens (tertiary/aromatic N) is 1. The number of aliphatic carboxylic acids is 1. The Bertz CT molecular complexity index is 547. The van der Waals surface area contributed by atoms with Crippen molar-refractivity contribution in [1.82, 2.24) is 10.2 Å². The van der Waals surface area contributed by atoms with Crippen molar-refractivity contribution in [2.45, 2.75) is 89.8 Å². The summed E-state index contributed by atoms with van der Waals surface area (Å²) in [7, 11) is -1.89. The minimum absolute atomic E-state index is 0.434. The fourth-order valence-corrected chi connectivity index (χ4v) is 5.65. The third-order valence-electron chi connectivity index (χ3n) is 3.69. The highest BCUT2D eigenvalue weighted by molar-refractivity contribution is 6.77. The Kier molecular flexibility index (Phi) is 8.76. The van der Waals surface area contributed by atoms with Crippen molar-refractivity contribution < 1.29 is 24.2 Å². The predicted molar refractivity (Wildman–Crippen MR) is 114 cm³/mol. The zero-order valence-corrected chi connectivity index (χ0v) is 20.6. The number of nitrogens with one attached hydrogen (secondary N) is 1. The molecule has 7 nitrogen and oxygen atoms in total. The topological polar surface area (TPSA) is 95.9 Å². The molecule has 0 aromatic heterocycles. The first-order valence-corrected chi connectivity index (χ1v) is 16.7. The summed E-state index contributed by atoms with van der Waals surface area (Å²) < 4.78 is 5.39. The molecule has 27 heavy (non-hydrogen) atoms. The lowest BCUT2D eigenvalue weighted by Crippen LogP contribution is -2.55. The second kappa shape index (κ2) is 9.23. The number of ether oxygens (including phenoxy) is 1. The van der Waals surface area contributed by atoms with Gasteiger partial charge in [-0.1, -0.05) is 39.3 Å². The van der Waals surface area contributed by atoms with Gasteiger partial charge in [0.05, 0.1) is 0 Å². The average molecular weight is 419 g/mol. The molecule has 0 saturated carbocycles. The van der Waals surface area contributed by atoms with Crippen LogP contribution in [0.5, 0.6) is 0 Å². The molecule has 0 fully saturated rings. The van der Waals surface area contributed by atoms with Crippen LogP contribution in [0.1, 0.15) is 20.8 Å². The van der Waals surface area contributed by atoms with Crippen molar-refractivity contribution in [2.24, 2.45) is 0 Å². The van der Waals surface area contributed by atoms with Crippen LogP contribution in [0, 0.1) is 0 Å². The number of amides is 2. The molecule has 0 aromatic carbocycles. The van der Waals surface area contributed by atoms with Crippen molar-refractivity contribution in [1.29, 1.82) is 0 Å².